The number of rotatable bonds is 3. The third kappa shape index (κ3) is 3.46. The van der Waals surface area contributed by atoms with E-state index in [0.717, 1.165) is 62.2 Å². The molecule has 6 nitrogen and oxygen atoms in total. The minimum absolute atomic E-state index is 0.0106. The van der Waals surface area contributed by atoms with E-state index >= 15 is 0 Å². The predicted octanol–water partition coefficient (Wildman–Crippen LogP) is 2.54. The molecule has 27 heavy (non-hydrogen) atoms. The van der Waals surface area contributed by atoms with Crippen LogP contribution in [0.25, 0.3) is 0 Å². The fourth-order valence-electron chi connectivity index (χ4n) is 4.31. The highest BCUT2D eigenvalue weighted by atomic mass is 16.5. The number of aromatic nitrogens is 2. The third-order valence-electron chi connectivity index (χ3n) is 5.59. The van der Waals surface area contributed by atoms with Crippen LogP contribution >= 0.6 is 0 Å². The Bertz CT molecular complexity index is 835. The van der Waals surface area contributed by atoms with Crippen molar-refractivity contribution in [2.45, 2.75) is 39.3 Å². The van der Waals surface area contributed by atoms with E-state index in [4.69, 9.17) is 9.72 Å². The Morgan fingerprint density at radius 2 is 2.04 bits per heavy atom. The smallest absolute Gasteiger partial charge is 0.136 e. The maximum atomic E-state index is 5.42. The lowest BCUT2D eigenvalue weighted by Gasteiger charge is -2.49. The van der Waals surface area contributed by atoms with Crippen LogP contribution in [0, 0.1) is 6.92 Å². The predicted molar refractivity (Wildman–Crippen MR) is 109 cm³/mol. The first kappa shape index (κ1) is 18.0. The van der Waals surface area contributed by atoms with Gasteiger partial charge < -0.3 is 19.9 Å². The van der Waals surface area contributed by atoms with Crippen LogP contribution < -0.4 is 19.9 Å². The number of nitrogens with one attached hydrogen (secondary N) is 1. The summed E-state index contributed by atoms with van der Waals surface area (Å²) in [6.07, 6.45) is 1.00. The highest BCUT2D eigenvalue weighted by Gasteiger charge is 2.36. The number of nitrogens with zero attached hydrogens (tertiary/aromatic N) is 4. The first-order chi connectivity index (χ1) is 13.0. The molecule has 1 saturated heterocycles. The van der Waals surface area contributed by atoms with Crippen LogP contribution in [0.3, 0.4) is 0 Å². The van der Waals surface area contributed by atoms with E-state index in [9.17, 15) is 0 Å². The van der Waals surface area contributed by atoms with Gasteiger partial charge in [-0.1, -0.05) is 6.07 Å². The number of ether oxygens (including phenoxy) is 1. The van der Waals surface area contributed by atoms with Crippen molar-refractivity contribution in [1.29, 1.82) is 0 Å². The molecule has 1 aromatic carbocycles. The first-order valence-electron chi connectivity index (χ1n) is 9.72. The lowest BCUT2D eigenvalue weighted by atomic mass is 9.96. The van der Waals surface area contributed by atoms with Gasteiger partial charge in [0, 0.05) is 43.5 Å². The number of anilines is 2. The summed E-state index contributed by atoms with van der Waals surface area (Å²) in [4.78, 5) is 14.4. The Hall–Kier alpha value is -2.34. The van der Waals surface area contributed by atoms with Crippen molar-refractivity contribution in [2.75, 3.05) is 43.1 Å². The molecule has 2 aliphatic rings. The van der Waals surface area contributed by atoms with Crippen LogP contribution in [-0.4, -0.2) is 48.8 Å². The summed E-state index contributed by atoms with van der Waals surface area (Å²) in [7, 11) is 1.72. The molecular weight excluding hydrogens is 338 g/mol. The monoisotopic (exact) mass is 367 g/mol. The van der Waals surface area contributed by atoms with Gasteiger partial charge >= 0.3 is 0 Å². The molecule has 0 amide bonds. The average Bonchev–Trinajstić information content (AvgIpc) is 2.66. The molecule has 1 fully saturated rings. The number of benzene rings is 1. The van der Waals surface area contributed by atoms with Gasteiger partial charge in [0.05, 0.1) is 18.3 Å². The van der Waals surface area contributed by atoms with E-state index in [0.29, 0.717) is 0 Å². The summed E-state index contributed by atoms with van der Waals surface area (Å²) in [6, 6.07) is 8.35. The van der Waals surface area contributed by atoms with E-state index in [2.05, 4.69) is 52.1 Å². The van der Waals surface area contributed by atoms with E-state index in [-0.39, 0.29) is 5.54 Å². The number of methoxy groups -OCH3 is 1. The van der Waals surface area contributed by atoms with Gasteiger partial charge in [-0.2, -0.15) is 0 Å². The molecule has 6 heteroatoms. The van der Waals surface area contributed by atoms with E-state index in [1.165, 1.54) is 11.3 Å². The van der Waals surface area contributed by atoms with E-state index < -0.39 is 0 Å². The summed E-state index contributed by atoms with van der Waals surface area (Å²) in [5, 5.41) is 3.43. The van der Waals surface area contributed by atoms with Gasteiger partial charge in [0.2, 0.25) is 0 Å². The summed E-state index contributed by atoms with van der Waals surface area (Å²) >= 11 is 0. The van der Waals surface area contributed by atoms with Gasteiger partial charge in [-0.3, -0.25) is 0 Å². The molecule has 1 aromatic heterocycles. The number of fused-ring (bicyclic) bond motifs is 1. The van der Waals surface area contributed by atoms with Crippen LogP contribution in [0.5, 0.6) is 5.75 Å². The van der Waals surface area contributed by atoms with Gasteiger partial charge in [-0.25, -0.2) is 9.97 Å². The molecule has 144 valence electrons. The average molecular weight is 367 g/mol. The van der Waals surface area contributed by atoms with Crippen molar-refractivity contribution < 1.29 is 4.74 Å². The van der Waals surface area contributed by atoms with Crippen LogP contribution in [0.15, 0.2) is 24.3 Å². The summed E-state index contributed by atoms with van der Waals surface area (Å²) < 4.78 is 5.42. The van der Waals surface area contributed by atoms with Gasteiger partial charge in [-0.15, -0.1) is 0 Å². The molecule has 0 atom stereocenters. The van der Waals surface area contributed by atoms with Crippen LogP contribution in [0.2, 0.25) is 0 Å². The third-order valence-corrected chi connectivity index (χ3v) is 5.59. The van der Waals surface area contributed by atoms with Gasteiger partial charge in [0.15, 0.2) is 0 Å². The standard InChI is InChI=1S/C21H29N5O/c1-15-23-19-13-22-9-8-18(19)20(24-15)25-10-11-26(21(2,3)14-25)16-6-5-7-17(12-16)27-4/h5-7,12,22H,8-11,13-14H2,1-4H3. The maximum absolute atomic E-state index is 5.42. The Labute approximate surface area is 161 Å². The summed E-state index contributed by atoms with van der Waals surface area (Å²) in [5.41, 5.74) is 3.69. The van der Waals surface area contributed by atoms with Crippen LogP contribution in [0.1, 0.15) is 30.9 Å². The van der Waals surface area contributed by atoms with Crippen molar-refractivity contribution in [1.82, 2.24) is 15.3 Å². The molecule has 0 radical (unpaired) electrons. The normalized spacial score (nSPS) is 19.0. The molecular formula is C21H29N5O. The van der Waals surface area contributed by atoms with Crippen molar-refractivity contribution in [2.24, 2.45) is 0 Å². The number of hydrogen-bond acceptors (Lipinski definition) is 6. The van der Waals surface area contributed by atoms with Gasteiger partial charge in [-0.05, 0) is 45.9 Å². The van der Waals surface area contributed by atoms with Crippen LogP contribution in [-0.2, 0) is 13.0 Å². The second-order valence-electron chi connectivity index (χ2n) is 8.03. The molecule has 0 spiro atoms. The fourth-order valence-corrected chi connectivity index (χ4v) is 4.31. The van der Waals surface area contributed by atoms with Crippen molar-refractivity contribution in [3.8, 4) is 5.75 Å². The Kier molecular flexibility index (Phi) is 4.68. The van der Waals surface area contributed by atoms with Crippen LogP contribution in [0.4, 0.5) is 11.5 Å². The zero-order chi connectivity index (χ0) is 19.0. The van der Waals surface area contributed by atoms with Crippen molar-refractivity contribution in [3.63, 3.8) is 0 Å². The number of piperazine rings is 1. The van der Waals surface area contributed by atoms with Crippen molar-refractivity contribution in [3.05, 3.63) is 41.3 Å². The lowest BCUT2D eigenvalue weighted by molar-refractivity contribution is 0.404. The molecule has 2 aliphatic heterocycles. The molecule has 3 heterocycles. The second-order valence-corrected chi connectivity index (χ2v) is 8.03. The van der Waals surface area contributed by atoms with Gasteiger partial charge in [0.25, 0.3) is 0 Å². The highest BCUT2D eigenvalue weighted by Crippen LogP contribution is 2.33. The first-order valence-corrected chi connectivity index (χ1v) is 9.72. The molecule has 0 unspecified atom stereocenters. The minimum atomic E-state index is -0.0106. The lowest BCUT2D eigenvalue weighted by Crippen LogP contribution is -2.60. The van der Waals surface area contributed by atoms with Gasteiger partial charge in [0.1, 0.15) is 17.4 Å². The Morgan fingerprint density at radius 1 is 1.19 bits per heavy atom. The molecule has 1 N–H and O–H groups in total. The SMILES string of the molecule is COc1cccc(N2CCN(c3nc(C)nc4c3CCNC4)CC2(C)C)c1. The zero-order valence-electron chi connectivity index (χ0n) is 16.7. The quantitative estimate of drug-likeness (QED) is 0.900. The largest absolute Gasteiger partial charge is 0.497 e. The molecule has 4 rings (SSSR count). The molecule has 0 bridgehead atoms. The second kappa shape index (κ2) is 7.00. The molecule has 0 aliphatic carbocycles. The summed E-state index contributed by atoms with van der Waals surface area (Å²) in [5.74, 6) is 2.90. The topological polar surface area (TPSA) is 53.5 Å². The highest BCUT2D eigenvalue weighted by molar-refractivity contribution is 5.57. The molecule has 0 saturated carbocycles. The van der Waals surface area contributed by atoms with E-state index in [1.54, 1.807) is 7.11 Å². The maximum Gasteiger partial charge on any atom is 0.136 e. The Balaban J connectivity index is 1.62. The molecule has 2 aromatic rings. The fraction of sp³-hybridized carbons (Fsp3) is 0.524. The number of aryl methyl sites for hydroxylation is 1. The van der Waals surface area contributed by atoms with E-state index in [1.807, 2.05) is 13.0 Å². The Morgan fingerprint density at radius 3 is 2.81 bits per heavy atom. The summed E-state index contributed by atoms with van der Waals surface area (Å²) in [6.45, 7) is 11.3. The minimum Gasteiger partial charge on any atom is -0.497 e. The zero-order valence-corrected chi connectivity index (χ0v) is 16.7. The number of hydrogen-bond donors (Lipinski definition) is 1. The van der Waals surface area contributed by atoms with Crippen molar-refractivity contribution >= 4 is 11.5 Å².